The van der Waals surface area contributed by atoms with Gasteiger partial charge in [-0.1, -0.05) is 30.3 Å². The molecule has 0 saturated carbocycles. The molecule has 3 nitrogen and oxygen atoms in total. The predicted octanol–water partition coefficient (Wildman–Crippen LogP) is 2.63. The summed E-state index contributed by atoms with van der Waals surface area (Å²) >= 11 is 0. The van der Waals surface area contributed by atoms with E-state index in [1.165, 1.54) is 0 Å². The number of alkyl halides is 2. The molecule has 0 heterocycles. The molecule has 0 aliphatic rings. The molecule has 1 N–H and O–H groups in total. The van der Waals surface area contributed by atoms with E-state index in [9.17, 15) is 13.9 Å². The van der Waals surface area contributed by atoms with Crippen molar-refractivity contribution in [1.29, 1.82) is 0 Å². The smallest absolute Gasteiger partial charge is 0.261 e. The first-order valence-electron chi connectivity index (χ1n) is 6.34. The van der Waals surface area contributed by atoms with Crippen LogP contribution in [0.15, 0.2) is 30.3 Å². The Morgan fingerprint density at radius 1 is 1.05 bits per heavy atom. The van der Waals surface area contributed by atoms with Gasteiger partial charge in [0.1, 0.15) is 6.61 Å². The van der Waals surface area contributed by atoms with E-state index < -0.39 is 19.1 Å². The van der Waals surface area contributed by atoms with E-state index in [2.05, 4.69) is 0 Å². The Bertz CT molecular complexity index is 320. The van der Waals surface area contributed by atoms with Crippen molar-refractivity contribution in [3.05, 3.63) is 35.9 Å². The minimum atomic E-state index is -2.43. The first kappa shape index (κ1) is 16.0. The Hall–Kier alpha value is -1.04. The van der Waals surface area contributed by atoms with Crippen molar-refractivity contribution in [1.82, 2.24) is 0 Å². The number of halogens is 2. The van der Waals surface area contributed by atoms with E-state index in [-0.39, 0.29) is 13.2 Å². The highest BCUT2D eigenvalue weighted by Crippen LogP contribution is 2.04. The first-order valence-corrected chi connectivity index (χ1v) is 6.34. The van der Waals surface area contributed by atoms with Gasteiger partial charge < -0.3 is 14.6 Å². The maximum atomic E-state index is 11.8. The van der Waals surface area contributed by atoms with Crippen molar-refractivity contribution in [2.45, 2.75) is 32.0 Å². The van der Waals surface area contributed by atoms with Gasteiger partial charge in [-0.15, -0.1) is 0 Å². The minimum Gasteiger partial charge on any atom is -0.391 e. The third-order valence-corrected chi connectivity index (χ3v) is 2.49. The summed E-state index contributed by atoms with van der Waals surface area (Å²) in [6.07, 6.45) is -1.99. The number of aliphatic hydroxyl groups excluding tert-OH is 1. The van der Waals surface area contributed by atoms with E-state index in [0.29, 0.717) is 19.4 Å². The van der Waals surface area contributed by atoms with Gasteiger partial charge in [-0.25, -0.2) is 8.78 Å². The van der Waals surface area contributed by atoms with Gasteiger partial charge in [-0.05, 0) is 18.4 Å². The van der Waals surface area contributed by atoms with Gasteiger partial charge in [0.2, 0.25) is 0 Å². The van der Waals surface area contributed by atoms with Crippen LogP contribution >= 0.6 is 0 Å². The second-order valence-electron chi connectivity index (χ2n) is 4.26. The van der Waals surface area contributed by atoms with E-state index >= 15 is 0 Å². The summed E-state index contributed by atoms with van der Waals surface area (Å²) in [6, 6.07) is 9.68. The highest BCUT2D eigenvalue weighted by atomic mass is 19.3. The fourth-order valence-electron chi connectivity index (χ4n) is 1.56. The van der Waals surface area contributed by atoms with Crippen molar-refractivity contribution in [2.75, 3.05) is 19.8 Å². The summed E-state index contributed by atoms with van der Waals surface area (Å²) in [7, 11) is 0. The highest BCUT2D eigenvalue weighted by molar-refractivity contribution is 5.13. The lowest BCUT2D eigenvalue weighted by Gasteiger charge is -2.11. The van der Waals surface area contributed by atoms with Gasteiger partial charge in [-0.3, -0.25) is 0 Å². The van der Waals surface area contributed by atoms with Crippen LogP contribution in [0.3, 0.4) is 0 Å². The second kappa shape index (κ2) is 9.83. The molecule has 0 saturated heterocycles. The molecule has 1 aromatic rings. The first-order chi connectivity index (χ1) is 9.18. The molecular weight excluding hydrogens is 254 g/mol. The molecule has 0 bridgehead atoms. The number of hydrogen-bond donors (Lipinski definition) is 1. The number of benzene rings is 1. The SMILES string of the molecule is OC(CCCOCC(F)F)COCc1ccccc1. The molecule has 0 amide bonds. The summed E-state index contributed by atoms with van der Waals surface area (Å²) in [5.74, 6) is 0. The van der Waals surface area contributed by atoms with Crippen LogP contribution < -0.4 is 0 Å². The van der Waals surface area contributed by atoms with Crippen molar-refractivity contribution in [2.24, 2.45) is 0 Å². The molecule has 0 fully saturated rings. The summed E-state index contributed by atoms with van der Waals surface area (Å²) in [5, 5.41) is 9.61. The topological polar surface area (TPSA) is 38.7 Å². The minimum absolute atomic E-state index is 0.236. The quantitative estimate of drug-likeness (QED) is 0.667. The third kappa shape index (κ3) is 8.64. The lowest BCUT2D eigenvalue weighted by Crippen LogP contribution is -2.16. The molecule has 5 heteroatoms. The third-order valence-electron chi connectivity index (χ3n) is 2.49. The zero-order chi connectivity index (χ0) is 13.9. The molecule has 1 rings (SSSR count). The molecule has 0 radical (unpaired) electrons. The lowest BCUT2D eigenvalue weighted by atomic mass is 10.2. The van der Waals surface area contributed by atoms with Gasteiger partial charge in [0.25, 0.3) is 6.43 Å². The fourth-order valence-corrected chi connectivity index (χ4v) is 1.56. The Morgan fingerprint density at radius 3 is 2.47 bits per heavy atom. The average Bonchev–Trinajstić information content (AvgIpc) is 2.39. The largest absolute Gasteiger partial charge is 0.391 e. The fraction of sp³-hybridized carbons (Fsp3) is 0.571. The van der Waals surface area contributed by atoms with Crippen LogP contribution in [0.2, 0.25) is 0 Å². The molecule has 19 heavy (non-hydrogen) atoms. The molecule has 0 spiro atoms. The van der Waals surface area contributed by atoms with Gasteiger partial charge >= 0.3 is 0 Å². The normalized spacial score (nSPS) is 12.8. The number of rotatable bonds is 10. The lowest BCUT2D eigenvalue weighted by molar-refractivity contribution is 0.00153. The van der Waals surface area contributed by atoms with Crippen LogP contribution in [0.5, 0.6) is 0 Å². The Morgan fingerprint density at radius 2 is 1.79 bits per heavy atom. The van der Waals surface area contributed by atoms with Crippen LogP contribution in [0.25, 0.3) is 0 Å². The summed E-state index contributed by atoms with van der Waals surface area (Å²) < 4.78 is 33.6. The van der Waals surface area contributed by atoms with E-state index in [1.54, 1.807) is 0 Å². The van der Waals surface area contributed by atoms with Crippen molar-refractivity contribution >= 4 is 0 Å². The highest BCUT2D eigenvalue weighted by Gasteiger charge is 2.06. The summed E-state index contributed by atoms with van der Waals surface area (Å²) in [4.78, 5) is 0. The maximum absolute atomic E-state index is 11.8. The van der Waals surface area contributed by atoms with Crippen LogP contribution in [0.1, 0.15) is 18.4 Å². The Labute approximate surface area is 112 Å². The molecule has 0 aliphatic carbocycles. The molecule has 1 aromatic carbocycles. The number of hydrogen-bond acceptors (Lipinski definition) is 3. The van der Waals surface area contributed by atoms with Gasteiger partial charge in [0.15, 0.2) is 0 Å². The van der Waals surface area contributed by atoms with Gasteiger partial charge in [0.05, 0.1) is 19.3 Å². The van der Waals surface area contributed by atoms with E-state index in [1.807, 2.05) is 30.3 Å². The van der Waals surface area contributed by atoms with Gasteiger partial charge in [0, 0.05) is 6.61 Å². The maximum Gasteiger partial charge on any atom is 0.261 e. The zero-order valence-corrected chi connectivity index (χ0v) is 10.8. The molecule has 0 aliphatic heterocycles. The summed E-state index contributed by atoms with van der Waals surface area (Å²) in [6.45, 7) is 0.393. The number of ether oxygens (including phenoxy) is 2. The van der Waals surface area contributed by atoms with Gasteiger partial charge in [-0.2, -0.15) is 0 Å². The number of aliphatic hydroxyl groups is 1. The zero-order valence-electron chi connectivity index (χ0n) is 10.8. The summed E-state index contributed by atoms with van der Waals surface area (Å²) in [5.41, 5.74) is 1.05. The van der Waals surface area contributed by atoms with Crippen LogP contribution in [0, 0.1) is 0 Å². The van der Waals surface area contributed by atoms with Crippen molar-refractivity contribution in [3.63, 3.8) is 0 Å². The van der Waals surface area contributed by atoms with Crippen LogP contribution in [-0.4, -0.2) is 37.5 Å². The predicted molar refractivity (Wildman–Crippen MR) is 68.2 cm³/mol. The van der Waals surface area contributed by atoms with E-state index in [0.717, 1.165) is 5.56 Å². The monoisotopic (exact) mass is 274 g/mol. The Balaban J connectivity index is 1.97. The van der Waals surface area contributed by atoms with E-state index in [4.69, 9.17) is 9.47 Å². The van der Waals surface area contributed by atoms with Crippen molar-refractivity contribution < 1.29 is 23.4 Å². The average molecular weight is 274 g/mol. The van der Waals surface area contributed by atoms with Crippen molar-refractivity contribution in [3.8, 4) is 0 Å². The van der Waals surface area contributed by atoms with Crippen LogP contribution in [0.4, 0.5) is 8.78 Å². The van der Waals surface area contributed by atoms with Crippen LogP contribution in [-0.2, 0) is 16.1 Å². The molecule has 0 aromatic heterocycles. The molecule has 1 unspecified atom stereocenters. The second-order valence-corrected chi connectivity index (χ2v) is 4.26. The molecule has 1 atom stereocenters. The standard InChI is InChI=1S/C14H20F2O3/c15-14(16)11-18-8-4-7-13(17)10-19-9-12-5-2-1-3-6-12/h1-3,5-6,13-14,17H,4,7-11H2. The molecular formula is C14H20F2O3. The Kier molecular flexibility index (Phi) is 8.29. The molecule has 108 valence electrons.